The topological polar surface area (TPSA) is 77.0 Å². The zero-order valence-corrected chi connectivity index (χ0v) is 18.3. The van der Waals surface area contributed by atoms with Crippen LogP contribution in [0.5, 0.6) is 11.5 Å². The summed E-state index contributed by atoms with van der Waals surface area (Å²) in [5.41, 5.74) is 4.31. The molecule has 0 spiro atoms. The molecular formula is C27H21FN2O4. The summed E-state index contributed by atoms with van der Waals surface area (Å²) >= 11 is 0. The molecule has 0 radical (unpaired) electrons. The number of ether oxygens (including phenoxy) is 2. The Morgan fingerprint density at radius 3 is 2.56 bits per heavy atom. The molecule has 0 bridgehead atoms. The van der Waals surface area contributed by atoms with Gasteiger partial charge in [-0.25, -0.2) is 14.6 Å². The quantitative estimate of drug-likeness (QED) is 0.183. The van der Waals surface area contributed by atoms with Crippen molar-refractivity contribution in [3.05, 3.63) is 107 Å². The number of carbonyl (C=O) groups is 2. The number of benzene rings is 4. The zero-order chi connectivity index (χ0) is 23.9. The van der Waals surface area contributed by atoms with Crippen LogP contribution in [-0.2, 0) is 4.79 Å². The number of halogens is 1. The number of hydrazone groups is 1. The number of hydrogen-bond donors (Lipinski definition) is 1. The number of carbonyl (C=O) groups excluding carboxylic acids is 2. The minimum atomic E-state index is -0.501. The summed E-state index contributed by atoms with van der Waals surface area (Å²) in [6.45, 7) is 1.60. The van der Waals surface area contributed by atoms with Gasteiger partial charge in [-0.1, -0.05) is 48.0 Å². The lowest BCUT2D eigenvalue weighted by Crippen LogP contribution is -2.24. The number of aryl methyl sites for hydroxylation is 1. The molecule has 6 nitrogen and oxygen atoms in total. The highest BCUT2D eigenvalue weighted by molar-refractivity contribution is 6.04. The number of hydrogen-bond acceptors (Lipinski definition) is 5. The molecule has 0 aliphatic heterocycles. The van der Waals surface area contributed by atoms with Crippen molar-refractivity contribution in [2.24, 2.45) is 5.10 Å². The van der Waals surface area contributed by atoms with Crippen molar-refractivity contribution in [1.29, 1.82) is 0 Å². The van der Waals surface area contributed by atoms with Crippen LogP contribution < -0.4 is 14.9 Å². The van der Waals surface area contributed by atoms with Crippen molar-refractivity contribution in [3.8, 4) is 11.5 Å². The fourth-order valence-corrected chi connectivity index (χ4v) is 3.31. The SMILES string of the molecule is Cc1cccc(C(=O)Oc2ccc3ccccc3c2/C=N\NC(=O)COc2ccc(F)cc2)c1. The molecule has 0 unspecified atom stereocenters. The van der Waals surface area contributed by atoms with Gasteiger partial charge in [-0.2, -0.15) is 5.10 Å². The minimum absolute atomic E-state index is 0.298. The van der Waals surface area contributed by atoms with E-state index in [2.05, 4.69) is 10.5 Å². The molecule has 0 saturated carbocycles. The fourth-order valence-electron chi connectivity index (χ4n) is 3.31. The van der Waals surface area contributed by atoms with Crippen LogP contribution in [-0.4, -0.2) is 24.7 Å². The summed E-state index contributed by atoms with van der Waals surface area (Å²) in [6.07, 6.45) is 1.43. The molecule has 34 heavy (non-hydrogen) atoms. The maximum Gasteiger partial charge on any atom is 0.343 e. The second kappa shape index (κ2) is 10.4. The predicted octanol–water partition coefficient (Wildman–Crippen LogP) is 5.04. The van der Waals surface area contributed by atoms with Crippen LogP contribution in [0.25, 0.3) is 10.8 Å². The molecule has 0 aromatic heterocycles. The van der Waals surface area contributed by atoms with Gasteiger partial charge in [-0.3, -0.25) is 4.79 Å². The van der Waals surface area contributed by atoms with Crippen molar-refractivity contribution in [2.45, 2.75) is 6.92 Å². The van der Waals surface area contributed by atoms with Crippen LogP contribution in [0.15, 0.2) is 90.0 Å². The summed E-state index contributed by atoms with van der Waals surface area (Å²) < 4.78 is 23.9. The Labute approximate surface area is 195 Å². The third-order valence-electron chi connectivity index (χ3n) is 4.95. The van der Waals surface area contributed by atoms with E-state index in [-0.39, 0.29) is 6.61 Å². The van der Waals surface area contributed by atoms with Gasteiger partial charge in [0.2, 0.25) is 0 Å². The fraction of sp³-hybridized carbons (Fsp3) is 0.0741. The Kier molecular flexibility index (Phi) is 6.93. The highest BCUT2D eigenvalue weighted by Gasteiger charge is 2.14. The highest BCUT2D eigenvalue weighted by Crippen LogP contribution is 2.27. The Bertz CT molecular complexity index is 1370. The van der Waals surface area contributed by atoms with Crippen LogP contribution in [0, 0.1) is 12.7 Å². The Hall–Kier alpha value is -4.52. The number of esters is 1. The second-order valence-electron chi connectivity index (χ2n) is 7.49. The minimum Gasteiger partial charge on any atom is -0.484 e. The maximum atomic E-state index is 13.0. The predicted molar refractivity (Wildman–Crippen MR) is 128 cm³/mol. The number of nitrogens with one attached hydrogen (secondary N) is 1. The van der Waals surface area contributed by atoms with Gasteiger partial charge in [-0.05, 0) is 60.2 Å². The molecule has 4 rings (SSSR count). The van der Waals surface area contributed by atoms with Crippen LogP contribution in [0.2, 0.25) is 0 Å². The summed E-state index contributed by atoms with van der Waals surface area (Å²) in [7, 11) is 0. The van der Waals surface area contributed by atoms with Crippen molar-refractivity contribution >= 4 is 28.9 Å². The Morgan fingerprint density at radius 1 is 0.971 bits per heavy atom. The number of fused-ring (bicyclic) bond motifs is 1. The molecular weight excluding hydrogens is 435 g/mol. The standard InChI is InChI=1S/C27H21FN2O4/c1-18-5-4-7-20(15-18)27(32)34-25-14-9-19-6-2-3-8-23(19)24(25)16-29-30-26(31)17-33-22-12-10-21(28)11-13-22/h2-16H,17H2,1H3,(H,30,31)/b29-16-. The van der Waals surface area contributed by atoms with Gasteiger partial charge in [-0.15, -0.1) is 0 Å². The van der Waals surface area contributed by atoms with Gasteiger partial charge in [0.05, 0.1) is 11.8 Å². The lowest BCUT2D eigenvalue weighted by Gasteiger charge is -2.11. The zero-order valence-electron chi connectivity index (χ0n) is 18.3. The molecule has 0 fully saturated rings. The Balaban J connectivity index is 1.50. The van der Waals surface area contributed by atoms with Gasteiger partial charge in [0.15, 0.2) is 6.61 Å². The maximum absolute atomic E-state index is 13.0. The molecule has 0 heterocycles. The highest BCUT2D eigenvalue weighted by atomic mass is 19.1. The molecule has 7 heteroatoms. The first-order chi connectivity index (χ1) is 16.5. The van der Waals surface area contributed by atoms with E-state index in [9.17, 15) is 14.0 Å². The molecule has 0 saturated heterocycles. The van der Waals surface area contributed by atoms with E-state index < -0.39 is 17.7 Å². The number of rotatable bonds is 7. The van der Waals surface area contributed by atoms with Crippen LogP contribution >= 0.6 is 0 Å². The molecule has 4 aromatic carbocycles. The average molecular weight is 456 g/mol. The molecule has 0 atom stereocenters. The lowest BCUT2D eigenvalue weighted by atomic mass is 10.0. The smallest absolute Gasteiger partial charge is 0.343 e. The third kappa shape index (κ3) is 5.63. The summed E-state index contributed by atoms with van der Waals surface area (Å²) in [6, 6.07) is 23.6. The molecule has 0 aliphatic rings. The largest absolute Gasteiger partial charge is 0.484 e. The van der Waals surface area contributed by atoms with Crippen molar-refractivity contribution in [1.82, 2.24) is 5.43 Å². The van der Waals surface area contributed by atoms with Gasteiger partial charge >= 0.3 is 5.97 Å². The number of amides is 1. The van der Waals surface area contributed by atoms with Crippen LogP contribution in [0.3, 0.4) is 0 Å². The number of nitrogens with zero attached hydrogens (tertiary/aromatic N) is 1. The summed E-state index contributed by atoms with van der Waals surface area (Å²) in [5, 5.41) is 5.74. The van der Waals surface area contributed by atoms with Crippen LogP contribution in [0.4, 0.5) is 4.39 Å². The molecule has 170 valence electrons. The first-order valence-corrected chi connectivity index (χ1v) is 10.5. The van der Waals surface area contributed by atoms with Crippen molar-refractivity contribution < 1.29 is 23.5 Å². The van der Waals surface area contributed by atoms with E-state index in [1.165, 1.54) is 30.5 Å². The molecule has 1 amide bonds. The first kappa shape index (κ1) is 22.7. The van der Waals surface area contributed by atoms with E-state index in [0.717, 1.165) is 16.3 Å². The average Bonchev–Trinajstić information content (AvgIpc) is 2.84. The van der Waals surface area contributed by atoms with E-state index >= 15 is 0 Å². The molecule has 4 aromatic rings. The summed E-state index contributed by atoms with van der Waals surface area (Å²) in [4.78, 5) is 24.8. The Morgan fingerprint density at radius 2 is 1.76 bits per heavy atom. The normalized spacial score (nSPS) is 10.9. The van der Waals surface area contributed by atoms with Gasteiger partial charge in [0, 0.05) is 5.56 Å². The van der Waals surface area contributed by atoms with Gasteiger partial charge < -0.3 is 9.47 Å². The first-order valence-electron chi connectivity index (χ1n) is 10.5. The van der Waals surface area contributed by atoms with Gasteiger partial charge in [0.1, 0.15) is 17.3 Å². The van der Waals surface area contributed by atoms with E-state index in [0.29, 0.717) is 22.6 Å². The van der Waals surface area contributed by atoms with Crippen molar-refractivity contribution in [2.75, 3.05) is 6.61 Å². The second-order valence-corrected chi connectivity index (χ2v) is 7.49. The van der Waals surface area contributed by atoms with E-state index in [4.69, 9.17) is 9.47 Å². The summed E-state index contributed by atoms with van der Waals surface area (Å²) in [5.74, 6) is -0.717. The van der Waals surface area contributed by atoms with Crippen LogP contribution in [0.1, 0.15) is 21.5 Å². The van der Waals surface area contributed by atoms with Gasteiger partial charge in [0.25, 0.3) is 5.91 Å². The monoisotopic (exact) mass is 456 g/mol. The van der Waals surface area contributed by atoms with E-state index in [1.54, 1.807) is 24.3 Å². The molecule has 1 N–H and O–H groups in total. The molecule has 0 aliphatic carbocycles. The van der Waals surface area contributed by atoms with Crippen molar-refractivity contribution in [3.63, 3.8) is 0 Å². The lowest BCUT2D eigenvalue weighted by molar-refractivity contribution is -0.123. The third-order valence-corrected chi connectivity index (χ3v) is 4.95. The van der Waals surface area contributed by atoms with E-state index in [1.807, 2.05) is 43.3 Å².